The predicted octanol–water partition coefficient (Wildman–Crippen LogP) is 2.33. The highest BCUT2D eigenvalue weighted by molar-refractivity contribution is 6.01. The van der Waals surface area contributed by atoms with Crippen LogP contribution >= 0.6 is 0 Å². The maximum absolute atomic E-state index is 13.8. The van der Waals surface area contributed by atoms with Crippen molar-refractivity contribution in [3.63, 3.8) is 0 Å². The third-order valence-corrected chi connectivity index (χ3v) is 4.06. The van der Waals surface area contributed by atoms with Crippen LogP contribution in [0.4, 0.5) is 14.9 Å². The molecule has 24 heavy (non-hydrogen) atoms. The summed E-state index contributed by atoms with van der Waals surface area (Å²) in [6.45, 7) is 2.49. The minimum Gasteiger partial charge on any atom is -0.469 e. The van der Waals surface area contributed by atoms with E-state index in [0.29, 0.717) is 19.5 Å². The first-order valence-electron chi connectivity index (χ1n) is 7.69. The lowest BCUT2D eigenvalue weighted by atomic mass is 10.2. The Morgan fingerprint density at radius 3 is 2.88 bits per heavy atom. The van der Waals surface area contributed by atoms with E-state index in [0.717, 1.165) is 11.3 Å². The molecular weight excluding hydrogens is 313 g/mol. The van der Waals surface area contributed by atoms with E-state index in [9.17, 15) is 14.0 Å². The number of urea groups is 1. The van der Waals surface area contributed by atoms with Gasteiger partial charge in [-0.3, -0.25) is 4.79 Å². The van der Waals surface area contributed by atoms with E-state index in [2.05, 4.69) is 10.6 Å². The number of carbonyl (C=O) groups is 2. The molecule has 2 N–H and O–H groups in total. The molecule has 0 unspecified atom stereocenters. The number of furan rings is 1. The number of benzene rings is 1. The summed E-state index contributed by atoms with van der Waals surface area (Å²) in [5.74, 6) is -0.0286. The van der Waals surface area contributed by atoms with Crippen molar-refractivity contribution < 1.29 is 18.4 Å². The van der Waals surface area contributed by atoms with Crippen LogP contribution in [-0.4, -0.2) is 24.5 Å². The third kappa shape index (κ3) is 3.24. The third-order valence-electron chi connectivity index (χ3n) is 4.06. The van der Waals surface area contributed by atoms with Crippen molar-refractivity contribution in [1.82, 2.24) is 10.6 Å². The first-order valence-corrected chi connectivity index (χ1v) is 7.69. The summed E-state index contributed by atoms with van der Waals surface area (Å²) in [7, 11) is 0. The first kappa shape index (κ1) is 16.0. The van der Waals surface area contributed by atoms with Crippen molar-refractivity contribution in [3.05, 3.63) is 53.7 Å². The second-order valence-corrected chi connectivity index (χ2v) is 5.61. The molecule has 0 bridgehead atoms. The summed E-state index contributed by atoms with van der Waals surface area (Å²) >= 11 is 0. The summed E-state index contributed by atoms with van der Waals surface area (Å²) in [4.78, 5) is 25.7. The number of carbonyl (C=O) groups excluding carboxylic acids is 2. The molecule has 3 amide bonds. The largest absolute Gasteiger partial charge is 0.469 e. The number of nitrogens with one attached hydrogen (secondary N) is 2. The van der Waals surface area contributed by atoms with Crippen molar-refractivity contribution in [3.8, 4) is 0 Å². The maximum atomic E-state index is 13.8. The van der Waals surface area contributed by atoms with Gasteiger partial charge >= 0.3 is 6.03 Å². The Kier molecular flexibility index (Phi) is 4.50. The van der Waals surface area contributed by atoms with Gasteiger partial charge in [0.1, 0.15) is 17.6 Å². The summed E-state index contributed by atoms with van der Waals surface area (Å²) in [6, 6.07) is 6.78. The van der Waals surface area contributed by atoms with Crippen molar-refractivity contribution in [2.75, 3.05) is 11.4 Å². The number of anilines is 1. The van der Waals surface area contributed by atoms with Gasteiger partial charge in [-0.1, -0.05) is 12.1 Å². The Morgan fingerprint density at radius 2 is 2.17 bits per heavy atom. The highest BCUT2D eigenvalue weighted by Crippen LogP contribution is 2.24. The molecule has 1 aromatic carbocycles. The predicted molar refractivity (Wildman–Crippen MR) is 86.0 cm³/mol. The number of halogens is 1. The standard InChI is InChI=1S/C17H18FN3O3/c1-11-12(7-9-24-11)10-19-17(23)20-14-6-8-21(16(14)22)15-5-3-2-4-13(15)18/h2-5,7,9,14H,6,8,10H2,1H3,(H2,19,20,23)/t14-/m1/s1. The molecule has 0 saturated carbocycles. The zero-order valence-corrected chi connectivity index (χ0v) is 13.2. The van der Waals surface area contributed by atoms with Gasteiger partial charge in [-0.05, 0) is 31.5 Å². The fraction of sp³-hybridized carbons (Fsp3) is 0.294. The number of nitrogens with zero attached hydrogens (tertiary/aromatic N) is 1. The normalized spacial score (nSPS) is 17.2. The summed E-state index contributed by atoms with van der Waals surface area (Å²) < 4.78 is 19.0. The van der Waals surface area contributed by atoms with E-state index < -0.39 is 17.9 Å². The van der Waals surface area contributed by atoms with Crippen LogP contribution in [0, 0.1) is 12.7 Å². The lowest BCUT2D eigenvalue weighted by Gasteiger charge is -2.18. The van der Waals surface area contributed by atoms with Gasteiger partial charge in [0.15, 0.2) is 0 Å². The van der Waals surface area contributed by atoms with Gasteiger partial charge in [-0.15, -0.1) is 0 Å². The van der Waals surface area contributed by atoms with E-state index in [1.54, 1.807) is 30.5 Å². The van der Waals surface area contributed by atoms with Crippen LogP contribution in [0.2, 0.25) is 0 Å². The molecule has 3 rings (SSSR count). The fourth-order valence-electron chi connectivity index (χ4n) is 2.70. The molecule has 126 valence electrons. The molecule has 2 aromatic rings. The highest BCUT2D eigenvalue weighted by atomic mass is 19.1. The van der Waals surface area contributed by atoms with Crippen LogP contribution in [0.25, 0.3) is 0 Å². The second-order valence-electron chi connectivity index (χ2n) is 5.61. The van der Waals surface area contributed by atoms with Crippen molar-refractivity contribution in [2.24, 2.45) is 0 Å². The minimum absolute atomic E-state index is 0.237. The number of para-hydroxylation sites is 1. The molecule has 0 radical (unpaired) electrons. The van der Waals surface area contributed by atoms with Crippen molar-refractivity contribution in [2.45, 2.75) is 25.9 Å². The topological polar surface area (TPSA) is 74.6 Å². The van der Waals surface area contributed by atoms with Crippen molar-refractivity contribution >= 4 is 17.6 Å². The number of hydrogen-bond acceptors (Lipinski definition) is 3. The summed E-state index contributed by atoms with van der Waals surface area (Å²) in [5.41, 5.74) is 1.11. The van der Waals surface area contributed by atoms with E-state index >= 15 is 0 Å². The maximum Gasteiger partial charge on any atom is 0.315 e. The fourth-order valence-corrected chi connectivity index (χ4v) is 2.70. The monoisotopic (exact) mass is 331 g/mol. The highest BCUT2D eigenvalue weighted by Gasteiger charge is 2.34. The van der Waals surface area contributed by atoms with E-state index in [1.807, 2.05) is 6.92 Å². The lowest BCUT2D eigenvalue weighted by Crippen LogP contribution is -2.46. The van der Waals surface area contributed by atoms with Gasteiger partial charge in [0.2, 0.25) is 5.91 Å². The van der Waals surface area contributed by atoms with E-state index in [4.69, 9.17) is 4.42 Å². The van der Waals surface area contributed by atoms with Gasteiger partial charge in [-0.2, -0.15) is 0 Å². The Hall–Kier alpha value is -2.83. The van der Waals surface area contributed by atoms with Gasteiger partial charge in [0.25, 0.3) is 0 Å². The molecule has 1 aromatic heterocycles. The van der Waals surface area contributed by atoms with Crippen LogP contribution in [-0.2, 0) is 11.3 Å². The van der Waals surface area contributed by atoms with Crippen LogP contribution < -0.4 is 15.5 Å². The van der Waals surface area contributed by atoms with Gasteiger partial charge < -0.3 is 20.0 Å². The van der Waals surface area contributed by atoms with Gasteiger partial charge in [-0.25, -0.2) is 9.18 Å². The van der Waals surface area contributed by atoms with Crippen LogP contribution in [0.5, 0.6) is 0 Å². The zero-order valence-electron chi connectivity index (χ0n) is 13.2. The molecule has 7 heteroatoms. The molecule has 1 aliphatic heterocycles. The molecular formula is C17H18FN3O3. The molecule has 0 aliphatic carbocycles. The number of amides is 3. The summed E-state index contributed by atoms with van der Waals surface area (Å²) in [5, 5.41) is 5.32. The van der Waals surface area contributed by atoms with Crippen molar-refractivity contribution in [1.29, 1.82) is 0 Å². The molecule has 1 saturated heterocycles. The zero-order chi connectivity index (χ0) is 17.1. The molecule has 2 heterocycles. The Morgan fingerprint density at radius 1 is 1.38 bits per heavy atom. The van der Waals surface area contributed by atoms with E-state index in [1.165, 1.54) is 11.0 Å². The molecule has 1 atom stereocenters. The number of aryl methyl sites for hydroxylation is 1. The Bertz CT molecular complexity index is 759. The van der Waals surface area contributed by atoms with Gasteiger partial charge in [0, 0.05) is 18.7 Å². The van der Waals surface area contributed by atoms with Crippen LogP contribution in [0.3, 0.4) is 0 Å². The molecule has 6 nitrogen and oxygen atoms in total. The molecule has 1 fully saturated rings. The number of hydrogen-bond donors (Lipinski definition) is 2. The minimum atomic E-state index is -0.657. The first-order chi connectivity index (χ1) is 11.6. The quantitative estimate of drug-likeness (QED) is 0.903. The molecule has 0 spiro atoms. The summed E-state index contributed by atoms with van der Waals surface area (Å²) in [6.07, 6.45) is 1.99. The smallest absolute Gasteiger partial charge is 0.315 e. The second kappa shape index (κ2) is 6.74. The Labute approximate surface area is 138 Å². The molecule has 1 aliphatic rings. The average molecular weight is 331 g/mol. The van der Waals surface area contributed by atoms with Crippen LogP contribution in [0.15, 0.2) is 41.0 Å². The Balaban J connectivity index is 1.57. The number of rotatable bonds is 4. The van der Waals surface area contributed by atoms with Crippen LogP contribution in [0.1, 0.15) is 17.7 Å². The lowest BCUT2D eigenvalue weighted by molar-refractivity contribution is -0.118. The average Bonchev–Trinajstić information content (AvgIpc) is 3.13. The SMILES string of the molecule is Cc1occc1CNC(=O)N[C@@H]1CCN(c2ccccc2F)C1=O. The van der Waals surface area contributed by atoms with Gasteiger partial charge in [0.05, 0.1) is 12.0 Å². The van der Waals surface area contributed by atoms with E-state index in [-0.39, 0.29) is 11.6 Å².